The van der Waals surface area contributed by atoms with E-state index in [1.807, 2.05) is 0 Å². The van der Waals surface area contributed by atoms with Crippen molar-refractivity contribution in [2.75, 3.05) is 0 Å². The molecule has 42 valence electrons. The molecule has 0 saturated heterocycles. The molecule has 7 heavy (non-hydrogen) atoms. The number of ether oxygens (including phenoxy) is 1. The average Bonchev–Trinajstić information content (AvgIpc) is 1.21. The second-order valence-electron chi connectivity index (χ2n) is 1.25. The van der Waals surface area contributed by atoms with E-state index in [4.69, 9.17) is 1.37 Å². The Morgan fingerprint density at radius 1 is 2.00 bits per heavy atom. The summed E-state index contributed by atoms with van der Waals surface area (Å²) in [5, 5.41) is 0. The van der Waals surface area contributed by atoms with Crippen molar-refractivity contribution in [2.24, 2.45) is 0 Å². The van der Waals surface area contributed by atoms with Crippen LogP contribution in [0.1, 0.15) is 15.2 Å². The van der Waals surface area contributed by atoms with Crippen molar-refractivity contribution in [3.8, 4) is 0 Å². The quantitative estimate of drug-likeness (QED) is 0.474. The van der Waals surface area contributed by atoms with Gasteiger partial charge in [-0.1, -0.05) is 0 Å². The highest BCUT2D eigenvalue weighted by Crippen LogP contribution is 1.89. The zero-order valence-corrected chi connectivity index (χ0v) is 4.19. The maximum Gasteiger partial charge on any atom is 0.495 e. The molecule has 0 N–H and O–H groups in total. The minimum Gasteiger partial charge on any atom is -0.438 e. The van der Waals surface area contributed by atoms with Gasteiger partial charge in [-0.3, -0.25) is 0 Å². The number of hydrogen-bond acceptors (Lipinski definition) is 2. The monoisotopic (exact) mass is 107 g/mol. The Morgan fingerprint density at radius 3 is 2.43 bits per heavy atom. The normalized spacial score (nSPS) is 12.7. The molecule has 0 aliphatic rings. The molecule has 2 nitrogen and oxygen atoms in total. The zero-order valence-electron chi connectivity index (χ0n) is 5.19. The minimum absolute atomic E-state index is 1.27. The third-order valence-electron chi connectivity index (χ3n) is 0.284. The van der Waals surface area contributed by atoms with Gasteiger partial charge in [-0.25, -0.2) is 4.79 Å². The van der Waals surface area contributed by atoms with Crippen LogP contribution in [0.4, 0.5) is 9.18 Å². The highest BCUT2D eigenvalue weighted by molar-refractivity contribution is 5.58. The SMILES string of the molecule is [2H]C(C)(C)OC(=O)F. The summed E-state index contributed by atoms with van der Waals surface area (Å²) in [4.78, 5) is 9.45. The summed E-state index contributed by atoms with van der Waals surface area (Å²) >= 11 is 0. The van der Waals surface area contributed by atoms with Crippen LogP contribution in [0.5, 0.6) is 0 Å². The van der Waals surface area contributed by atoms with Gasteiger partial charge in [-0.2, -0.15) is 0 Å². The van der Waals surface area contributed by atoms with E-state index >= 15 is 0 Å². The Morgan fingerprint density at radius 2 is 2.43 bits per heavy atom. The smallest absolute Gasteiger partial charge is 0.438 e. The van der Waals surface area contributed by atoms with Crippen LogP contribution in [0.2, 0.25) is 0 Å². The van der Waals surface area contributed by atoms with Crippen molar-refractivity contribution in [1.82, 2.24) is 0 Å². The Labute approximate surface area is 42.7 Å². The Kier molecular flexibility index (Phi) is 1.66. The summed E-state index contributed by atoms with van der Waals surface area (Å²) in [6.07, 6.45) is -3.36. The van der Waals surface area contributed by atoms with Gasteiger partial charge in [0, 0.05) is 0 Å². The summed E-state index contributed by atoms with van der Waals surface area (Å²) in [5.74, 6) is 0. The van der Waals surface area contributed by atoms with Crippen LogP contribution < -0.4 is 0 Å². The maximum absolute atomic E-state index is 11.2. The summed E-state index contributed by atoms with van der Waals surface area (Å²) in [6.45, 7) is 2.54. The molecule has 0 spiro atoms. The fourth-order valence-corrected chi connectivity index (χ4v) is 0.160. The van der Waals surface area contributed by atoms with E-state index in [2.05, 4.69) is 4.74 Å². The van der Waals surface area contributed by atoms with Gasteiger partial charge in [0.05, 0.1) is 7.45 Å². The Hall–Kier alpha value is -0.600. The van der Waals surface area contributed by atoms with Gasteiger partial charge in [0.15, 0.2) is 0 Å². The molecular formula is C4H7FO2. The van der Waals surface area contributed by atoms with Crippen LogP contribution in [-0.4, -0.2) is 12.3 Å². The van der Waals surface area contributed by atoms with Gasteiger partial charge >= 0.3 is 6.22 Å². The van der Waals surface area contributed by atoms with Crippen LogP contribution in [0, 0.1) is 0 Å². The van der Waals surface area contributed by atoms with E-state index in [0.717, 1.165) is 0 Å². The zero-order chi connectivity index (χ0) is 6.78. The minimum atomic E-state index is -1.91. The van der Waals surface area contributed by atoms with E-state index in [9.17, 15) is 9.18 Å². The molecule has 0 atom stereocenters. The molecule has 0 fully saturated rings. The molecule has 0 saturated carbocycles. The van der Waals surface area contributed by atoms with Gasteiger partial charge in [0.25, 0.3) is 0 Å². The largest absolute Gasteiger partial charge is 0.495 e. The molecule has 0 aliphatic heterocycles. The van der Waals surface area contributed by atoms with Crippen LogP contribution in [0.3, 0.4) is 0 Å². The van der Waals surface area contributed by atoms with Gasteiger partial charge < -0.3 is 4.74 Å². The summed E-state index contributed by atoms with van der Waals surface area (Å²) < 4.78 is 21.8. The highest BCUT2D eigenvalue weighted by atomic mass is 19.1. The van der Waals surface area contributed by atoms with Crippen molar-refractivity contribution in [3.63, 3.8) is 0 Å². The van der Waals surface area contributed by atoms with Crippen LogP contribution in [0.25, 0.3) is 0 Å². The lowest BCUT2D eigenvalue weighted by atomic mass is 10.5. The number of carbonyl (C=O) groups excluding carboxylic acids is 1. The first-order chi connectivity index (χ1) is 3.42. The molecule has 0 bridgehead atoms. The molecule has 0 aliphatic carbocycles. The van der Waals surface area contributed by atoms with Crippen molar-refractivity contribution in [2.45, 2.75) is 19.9 Å². The summed E-state index contributed by atoms with van der Waals surface area (Å²) in [5.41, 5.74) is 0. The molecular weight excluding hydrogens is 99.0 g/mol. The molecule has 0 heterocycles. The van der Waals surface area contributed by atoms with E-state index < -0.39 is 12.3 Å². The van der Waals surface area contributed by atoms with Crippen molar-refractivity contribution in [1.29, 1.82) is 0 Å². The van der Waals surface area contributed by atoms with Crippen LogP contribution in [0.15, 0.2) is 0 Å². The lowest BCUT2D eigenvalue weighted by Gasteiger charge is -1.98. The van der Waals surface area contributed by atoms with Crippen molar-refractivity contribution >= 4 is 6.22 Å². The molecule has 0 aromatic rings. The van der Waals surface area contributed by atoms with E-state index in [1.165, 1.54) is 13.8 Å². The third kappa shape index (κ3) is 5.40. The fourth-order valence-electron chi connectivity index (χ4n) is 0.160. The van der Waals surface area contributed by atoms with Gasteiger partial charge in [-0.15, -0.1) is 4.39 Å². The molecule has 0 unspecified atom stereocenters. The predicted molar refractivity (Wildman–Crippen MR) is 22.7 cm³/mol. The first-order valence-corrected chi connectivity index (χ1v) is 1.80. The number of hydrogen-bond donors (Lipinski definition) is 0. The maximum atomic E-state index is 11.2. The first kappa shape index (κ1) is 4.56. The average molecular weight is 107 g/mol. The molecule has 0 aromatic carbocycles. The van der Waals surface area contributed by atoms with Crippen LogP contribution in [-0.2, 0) is 4.74 Å². The third-order valence-corrected chi connectivity index (χ3v) is 0.284. The fraction of sp³-hybridized carbons (Fsp3) is 0.750. The van der Waals surface area contributed by atoms with Gasteiger partial charge in [0.1, 0.15) is 0 Å². The number of carbonyl (C=O) groups is 1. The molecule has 3 heteroatoms. The summed E-state index contributed by atoms with van der Waals surface area (Å²) in [6, 6.07) is 0. The van der Waals surface area contributed by atoms with Gasteiger partial charge in [-0.05, 0) is 13.8 Å². The van der Waals surface area contributed by atoms with Crippen molar-refractivity contribution < 1.29 is 15.3 Å². The number of halogens is 1. The van der Waals surface area contributed by atoms with E-state index in [-0.39, 0.29) is 0 Å². The first-order valence-electron chi connectivity index (χ1n) is 2.30. The van der Waals surface area contributed by atoms with Crippen molar-refractivity contribution in [3.05, 3.63) is 0 Å². The molecule has 0 amide bonds. The lowest BCUT2D eigenvalue weighted by Crippen LogP contribution is -2.03. The van der Waals surface area contributed by atoms with Gasteiger partial charge in [0.2, 0.25) is 0 Å². The second kappa shape index (κ2) is 2.55. The predicted octanol–water partition coefficient (Wildman–Crippen LogP) is 1.50. The second-order valence-corrected chi connectivity index (χ2v) is 1.25. The number of rotatable bonds is 1. The lowest BCUT2D eigenvalue weighted by molar-refractivity contribution is 0.0920. The summed E-state index contributed by atoms with van der Waals surface area (Å²) in [7, 11) is 0. The van der Waals surface area contributed by atoms with E-state index in [1.54, 1.807) is 0 Å². The standard InChI is InChI=1S/C4H7FO2/c1-3(2)7-4(5)6/h3H,1-2H3/i3D. The Balaban J connectivity index is 3.55. The topological polar surface area (TPSA) is 26.3 Å². The highest BCUT2D eigenvalue weighted by Gasteiger charge is 1.98. The van der Waals surface area contributed by atoms with E-state index in [0.29, 0.717) is 0 Å². The van der Waals surface area contributed by atoms with Crippen LogP contribution >= 0.6 is 0 Å². The molecule has 0 aromatic heterocycles. The molecule has 0 rings (SSSR count). The molecule has 0 radical (unpaired) electrons. The Bertz CT molecular complexity index is 96.7.